The van der Waals surface area contributed by atoms with Gasteiger partial charge < -0.3 is 20.3 Å². The molecule has 2 amide bonds. The van der Waals surface area contributed by atoms with Crippen LogP contribution in [0.3, 0.4) is 0 Å². The Morgan fingerprint density at radius 1 is 1.23 bits per heavy atom. The predicted molar refractivity (Wildman–Crippen MR) is 105 cm³/mol. The van der Waals surface area contributed by atoms with Crippen molar-refractivity contribution < 1.29 is 14.3 Å². The number of hydrogen-bond donors (Lipinski definition) is 2. The van der Waals surface area contributed by atoms with Crippen LogP contribution in [0.1, 0.15) is 36.0 Å². The first kappa shape index (κ1) is 20.8. The second-order valence-corrected chi connectivity index (χ2v) is 7.27. The molecule has 0 spiro atoms. The van der Waals surface area contributed by atoms with Crippen molar-refractivity contribution in [3.8, 4) is 0 Å². The van der Waals surface area contributed by atoms with E-state index in [2.05, 4.69) is 15.5 Å². The number of benzene rings is 1. The maximum atomic E-state index is 12.7. The number of carbonyl (C=O) groups is 2. The average molecular weight is 402 g/mol. The Labute approximate surface area is 164 Å². The van der Waals surface area contributed by atoms with Crippen molar-refractivity contribution in [1.29, 1.82) is 0 Å². The molecule has 0 atom stereocenters. The normalized spacial score (nSPS) is 14.4. The molecule has 1 aliphatic heterocycles. The van der Waals surface area contributed by atoms with Crippen molar-refractivity contribution in [2.75, 3.05) is 43.6 Å². The van der Waals surface area contributed by atoms with Gasteiger partial charge in [-0.15, -0.1) is 0 Å². The molecular formula is C18H25Cl2N3O3. The zero-order valence-electron chi connectivity index (χ0n) is 14.9. The molecule has 0 unspecified atom stereocenters. The maximum Gasteiger partial charge on any atom is 0.257 e. The molecule has 0 radical (unpaired) electrons. The summed E-state index contributed by atoms with van der Waals surface area (Å²) in [4.78, 5) is 25.5. The van der Waals surface area contributed by atoms with E-state index in [-0.39, 0.29) is 5.91 Å². The second kappa shape index (κ2) is 10.6. The summed E-state index contributed by atoms with van der Waals surface area (Å²) in [6.07, 6.45) is 4.15. The van der Waals surface area contributed by atoms with E-state index in [1.165, 1.54) is 6.42 Å². The molecule has 6 nitrogen and oxygen atoms in total. The molecule has 0 bridgehead atoms. The highest BCUT2D eigenvalue weighted by Gasteiger charge is 2.20. The Morgan fingerprint density at radius 2 is 1.96 bits per heavy atom. The summed E-state index contributed by atoms with van der Waals surface area (Å²) < 4.78 is 5.00. The van der Waals surface area contributed by atoms with Crippen LogP contribution in [-0.4, -0.2) is 50.0 Å². The van der Waals surface area contributed by atoms with Gasteiger partial charge in [-0.1, -0.05) is 23.2 Å². The van der Waals surface area contributed by atoms with Gasteiger partial charge >= 0.3 is 0 Å². The molecule has 1 aliphatic rings. The minimum absolute atomic E-state index is 0.175. The van der Waals surface area contributed by atoms with E-state index in [1.54, 1.807) is 19.2 Å². The highest BCUT2D eigenvalue weighted by Crippen LogP contribution is 2.27. The molecule has 26 heavy (non-hydrogen) atoms. The number of carbonyl (C=O) groups excluding carboxylic acids is 2. The molecule has 0 saturated carbocycles. The number of anilines is 2. The minimum Gasteiger partial charge on any atom is -0.385 e. The molecule has 2 rings (SSSR count). The van der Waals surface area contributed by atoms with Crippen molar-refractivity contribution in [3.63, 3.8) is 0 Å². The van der Waals surface area contributed by atoms with Crippen LogP contribution >= 0.6 is 23.2 Å². The van der Waals surface area contributed by atoms with E-state index in [9.17, 15) is 9.59 Å². The summed E-state index contributed by atoms with van der Waals surface area (Å²) >= 11 is 11.2. The number of ether oxygens (including phenoxy) is 1. The Morgan fingerprint density at radius 3 is 2.62 bits per heavy atom. The average Bonchev–Trinajstić information content (AvgIpc) is 2.65. The third-order valence-corrected chi connectivity index (χ3v) is 4.61. The molecule has 0 aliphatic carbocycles. The van der Waals surface area contributed by atoms with Crippen LogP contribution in [0.15, 0.2) is 18.2 Å². The minimum atomic E-state index is -1.16. The van der Waals surface area contributed by atoms with Crippen LogP contribution < -0.4 is 15.5 Å². The predicted octanol–water partition coefficient (Wildman–Crippen LogP) is 3.19. The van der Waals surface area contributed by atoms with Gasteiger partial charge in [-0.3, -0.25) is 9.59 Å². The van der Waals surface area contributed by atoms with E-state index in [0.29, 0.717) is 24.4 Å². The van der Waals surface area contributed by atoms with Crippen molar-refractivity contribution in [2.24, 2.45) is 0 Å². The van der Waals surface area contributed by atoms with Crippen molar-refractivity contribution >= 4 is 46.4 Å². The summed E-state index contributed by atoms with van der Waals surface area (Å²) in [6, 6.07) is 5.30. The number of halogens is 2. The van der Waals surface area contributed by atoms with Gasteiger partial charge in [0.25, 0.3) is 11.8 Å². The van der Waals surface area contributed by atoms with Gasteiger partial charge in [-0.2, -0.15) is 0 Å². The Balaban J connectivity index is 2.20. The third kappa shape index (κ3) is 6.04. The number of hydrogen-bond acceptors (Lipinski definition) is 4. The lowest BCUT2D eigenvalue weighted by molar-refractivity contribution is -0.114. The molecule has 1 saturated heterocycles. The Hall–Kier alpha value is -1.50. The van der Waals surface area contributed by atoms with Gasteiger partial charge in [0.1, 0.15) is 0 Å². The second-order valence-electron chi connectivity index (χ2n) is 6.17. The first-order chi connectivity index (χ1) is 12.5. The molecule has 1 fully saturated rings. The highest BCUT2D eigenvalue weighted by molar-refractivity contribution is 6.54. The smallest absolute Gasteiger partial charge is 0.257 e. The maximum absolute atomic E-state index is 12.7. The fourth-order valence-electron chi connectivity index (χ4n) is 2.92. The summed E-state index contributed by atoms with van der Waals surface area (Å²) in [6.45, 7) is 2.94. The van der Waals surface area contributed by atoms with Crippen LogP contribution in [-0.2, 0) is 9.53 Å². The largest absolute Gasteiger partial charge is 0.385 e. The summed E-state index contributed by atoms with van der Waals surface area (Å²) in [5, 5.41) is 5.53. The van der Waals surface area contributed by atoms with E-state index in [0.717, 1.165) is 38.0 Å². The fourth-order valence-corrected chi connectivity index (χ4v) is 3.03. The standard InChI is InChI=1S/C18H25Cl2N3O3/c1-26-11-5-8-21-17(24)14-12-13(22-18(25)16(19)20)6-7-15(14)23-9-3-2-4-10-23/h6-7,12,16H,2-5,8-11H2,1H3,(H,21,24)(H,22,25). The van der Waals surface area contributed by atoms with E-state index in [1.807, 2.05) is 6.07 Å². The third-order valence-electron chi connectivity index (χ3n) is 4.21. The Bertz CT molecular complexity index is 620. The van der Waals surface area contributed by atoms with Crippen LogP contribution in [0.4, 0.5) is 11.4 Å². The van der Waals surface area contributed by atoms with Gasteiger partial charge in [-0.25, -0.2) is 0 Å². The van der Waals surface area contributed by atoms with Gasteiger partial charge in [0.2, 0.25) is 0 Å². The first-order valence-electron chi connectivity index (χ1n) is 8.78. The van der Waals surface area contributed by atoms with E-state index >= 15 is 0 Å². The zero-order valence-corrected chi connectivity index (χ0v) is 16.4. The fraction of sp³-hybridized carbons (Fsp3) is 0.556. The van der Waals surface area contributed by atoms with Gasteiger partial charge in [0, 0.05) is 44.7 Å². The number of rotatable bonds is 8. The van der Waals surface area contributed by atoms with Crippen molar-refractivity contribution in [1.82, 2.24) is 5.32 Å². The molecule has 144 valence electrons. The molecule has 2 N–H and O–H groups in total. The van der Waals surface area contributed by atoms with Gasteiger partial charge in [0.15, 0.2) is 4.84 Å². The quantitative estimate of drug-likeness (QED) is 0.518. The summed E-state index contributed by atoms with van der Waals surface area (Å²) in [5.74, 6) is -0.698. The van der Waals surface area contributed by atoms with Crippen LogP contribution in [0.5, 0.6) is 0 Å². The number of piperidine rings is 1. The zero-order chi connectivity index (χ0) is 18.9. The number of nitrogens with zero attached hydrogens (tertiary/aromatic N) is 1. The number of amides is 2. The summed E-state index contributed by atoms with van der Waals surface area (Å²) in [5.41, 5.74) is 1.90. The molecule has 0 aromatic heterocycles. The SMILES string of the molecule is COCCCNC(=O)c1cc(NC(=O)C(Cl)Cl)ccc1N1CCCCC1. The van der Waals surface area contributed by atoms with Gasteiger partial charge in [0.05, 0.1) is 5.56 Å². The summed E-state index contributed by atoms with van der Waals surface area (Å²) in [7, 11) is 1.63. The molecule has 1 heterocycles. The molecule has 1 aromatic carbocycles. The van der Waals surface area contributed by atoms with Crippen molar-refractivity contribution in [3.05, 3.63) is 23.8 Å². The number of methoxy groups -OCH3 is 1. The monoisotopic (exact) mass is 401 g/mol. The van der Waals surface area contributed by atoms with E-state index in [4.69, 9.17) is 27.9 Å². The molecule has 8 heteroatoms. The van der Waals surface area contributed by atoms with E-state index < -0.39 is 10.7 Å². The van der Waals surface area contributed by atoms with Crippen LogP contribution in [0.2, 0.25) is 0 Å². The number of nitrogens with one attached hydrogen (secondary N) is 2. The Kier molecular flexibility index (Phi) is 8.48. The lowest BCUT2D eigenvalue weighted by Gasteiger charge is -2.30. The molecular weight excluding hydrogens is 377 g/mol. The lowest BCUT2D eigenvalue weighted by atomic mass is 10.1. The topological polar surface area (TPSA) is 70.7 Å². The van der Waals surface area contributed by atoms with Crippen LogP contribution in [0.25, 0.3) is 0 Å². The highest BCUT2D eigenvalue weighted by atomic mass is 35.5. The number of alkyl halides is 2. The molecule has 1 aromatic rings. The lowest BCUT2D eigenvalue weighted by Crippen LogP contribution is -2.33. The first-order valence-corrected chi connectivity index (χ1v) is 9.65. The van der Waals surface area contributed by atoms with Crippen LogP contribution in [0, 0.1) is 0 Å². The van der Waals surface area contributed by atoms with Gasteiger partial charge in [-0.05, 0) is 43.9 Å². The van der Waals surface area contributed by atoms with Crippen molar-refractivity contribution in [2.45, 2.75) is 30.5 Å².